The average molecular weight is 238 g/mol. The third-order valence-electron chi connectivity index (χ3n) is 3.44. The van der Waals surface area contributed by atoms with Gasteiger partial charge in [0, 0.05) is 0 Å². The molecule has 0 bridgehead atoms. The molecular formula is C17H34. The minimum Gasteiger partial charge on any atom is -0.0856 e. The highest BCUT2D eigenvalue weighted by atomic mass is 14.0. The molecule has 0 nitrogen and oxygen atoms in total. The van der Waals surface area contributed by atoms with E-state index in [1.54, 1.807) is 5.57 Å². The van der Waals surface area contributed by atoms with Gasteiger partial charge in [-0.3, -0.25) is 0 Å². The fourth-order valence-electron chi connectivity index (χ4n) is 2.30. The topological polar surface area (TPSA) is 0 Å². The molecule has 0 unspecified atom stereocenters. The van der Waals surface area contributed by atoms with Crippen LogP contribution in [0.15, 0.2) is 11.6 Å². The molecule has 0 heterocycles. The first kappa shape index (κ1) is 16.7. The minimum absolute atomic E-state index is 1.29. The van der Waals surface area contributed by atoms with Crippen molar-refractivity contribution >= 4 is 0 Å². The molecule has 0 fully saturated rings. The van der Waals surface area contributed by atoms with Gasteiger partial charge >= 0.3 is 0 Å². The standard InChI is InChI=1S/C17H34/c1-4-6-7-8-9-10-11-12-13-14-16-17(3)15-5-2/h16H,4-15H2,1-3H3. The Hall–Kier alpha value is -0.260. The summed E-state index contributed by atoms with van der Waals surface area (Å²) in [7, 11) is 0. The first-order valence-corrected chi connectivity index (χ1v) is 7.96. The second-order valence-electron chi connectivity index (χ2n) is 5.42. The third kappa shape index (κ3) is 13.7. The first-order chi connectivity index (χ1) is 8.31. The molecule has 0 rings (SSSR count). The maximum atomic E-state index is 2.45. The van der Waals surface area contributed by atoms with E-state index in [0.29, 0.717) is 0 Å². The molecule has 0 aromatic heterocycles. The largest absolute Gasteiger partial charge is 0.0856 e. The molecule has 0 aliphatic heterocycles. The Bertz CT molecular complexity index is 167. The molecule has 17 heavy (non-hydrogen) atoms. The number of unbranched alkanes of at least 4 members (excludes halogenated alkanes) is 9. The van der Waals surface area contributed by atoms with Crippen LogP contribution < -0.4 is 0 Å². The van der Waals surface area contributed by atoms with Gasteiger partial charge in [0.05, 0.1) is 0 Å². The van der Waals surface area contributed by atoms with Crippen molar-refractivity contribution in [2.75, 3.05) is 0 Å². The molecule has 0 saturated heterocycles. The molecule has 0 amide bonds. The van der Waals surface area contributed by atoms with Crippen molar-refractivity contribution in [2.24, 2.45) is 0 Å². The zero-order valence-corrected chi connectivity index (χ0v) is 12.6. The molecule has 0 aliphatic carbocycles. The van der Waals surface area contributed by atoms with E-state index in [1.807, 2.05) is 0 Å². The van der Waals surface area contributed by atoms with Crippen LogP contribution in [0.25, 0.3) is 0 Å². The van der Waals surface area contributed by atoms with E-state index in [9.17, 15) is 0 Å². The summed E-state index contributed by atoms with van der Waals surface area (Å²) in [6.45, 7) is 6.82. The third-order valence-corrected chi connectivity index (χ3v) is 3.44. The van der Waals surface area contributed by atoms with Crippen molar-refractivity contribution in [1.82, 2.24) is 0 Å². The van der Waals surface area contributed by atoms with Gasteiger partial charge in [0.2, 0.25) is 0 Å². The number of allylic oxidation sites excluding steroid dienone is 2. The van der Waals surface area contributed by atoms with E-state index < -0.39 is 0 Å². The van der Waals surface area contributed by atoms with Crippen molar-refractivity contribution in [2.45, 2.75) is 97.8 Å². The summed E-state index contributed by atoms with van der Waals surface area (Å²) in [5.41, 5.74) is 1.59. The number of rotatable bonds is 12. The van der Waals surface area contributed by atoms with Gasteiger partial charge in [-0.25, -0.2) is 0 Å². The van der Waals surface area contributed by atoms with Gasteiger partial charge in [0.15, 0.2) is 0 Å². The lowest BCUT2D eigenvalue weighted by molar-refractivity contribution is 0.566. The Morgan fingerprint density at radius 3 is 1.76 bits per heavy atom. The zero-order chi connectivity index (χ0) is 12.8. The van der Waals surface area contributed by atoms with Crippen molar-refractivity contribution in [3.05, 3.63) is 11.6 Å². The first-order valence-electron chi connectivity index (χ1n) is 7.96. The monoisotopic (exact) mass is 238 g/mol. The fourth-order valence-corrected chi connectivity index (χ4v) is 2.30. The minimum atomic E-state index is 1.29. The van der Waals surface area contributed by atoms with Crippen LogP contribution in [0.1, 0.15) is 97.8 Å². The van der Waals surface area contributed by atoms with Crippen molar-refractivity contribution < 1.29 is 0 Å². The van der Waals surface area contributed by atoms with Crippen LogP contribution in [-0.2, 0) is 0 Å². The van der Waals surface area contributed by atoms with Gasteiger partial charge in [-0.05, 0) is 26.2 Å². The highest BCUT2D eigenvalue weighted by Crippen LogP contribution is 2.12. The van der Waals surface area contributed by atoms with Gasteiger partial charge in [-0.15, -0.1) is 0 Å². The smallest absolute Gasteiger partial charge is 0.0326 e. The van der Waals surface area contributed by atoms with E-state index in [4.69, 9.17) is 0 Å². The van der Waals surface area contributed by atoms with Crippen LogP contribution in [-0.4, -0.2) is 0 Å². The van der Waals surface area contributed by atoms with E-state index >= 15 is 0 Å². The maximum absolute atomic E-state index is 2.45. The van der Waals surface area contributed by atoms with Crippen LogP contribution >= 0.6 is 0 Å². The molecule has 0 atom stereocenters. The Morgan fingerprint density at radius 2 is 1.24 bits per heavy atom. The Balaban J connectivity index is 3.10. The van der Waals surface area contributed by atoms with Gasteiger partial charge in [0.25, 0.3) is 0 Å². The lowest BCUT2D eigenvalue weighted by Gasteiger charge is -2.01. The van der Waals surface area contributed by atoms with E-state index in [1.165, 1.54) is 77.0 Å². The summed E-state index contributed by atoms with van der Waals surface area (Å²) in [4.78, 5) is 0. The van der Waals surface area contributed by atoms with Crippen LogP contribution in [0.2, 0.25) is 0 Å². The predicted octanol–water partition coefficient (Wildman–Crippen LogP) is 6.65. The van der Waals surface area contributed by atoms with Crippen molar-refractivity contribution in [3.8, 4) is 0 Å². The molecule has 102 valence electrons. The average Bonchev–Trinajstić information content (AvgIpc) is 2.32. The number of hydrogen-bond donors (Lipinski definition) is 0. The molecule has 0 aromatic rings. The van der Waals surface area contributed by atoms with Crippen LogP contribution in [0.4, 0.5) is 0 Å². The Morgan fingerprint density at radius 1 is 0.706 bits per heavy atom. The molecule has 0 aliphatic rings. The molecule has 0 saturated carbocycles. The van der Waals surface area contributed by atoms with E-state index in [-0.39, 0.29) is 0 Å². The summed E-state index contributed by atoms with van der Waals surface area (Å²) in [5.74, 6) is 0. The van der Waals surface area contributed by atoms with Gasteiger partial charge in [0.1, 0.15) is 0 Å². The summed E-state index contributed by atoms with van der Waals surface area (Å²) in [6, 6.07) is 0. The molecule has 0 spiro atoms. The van der Waals surface area contributed by atoms with Crippen LogP contribution in [0.5, 0.6) is 0 Å². The normalized spacial score (nSPS) is 12.1. The van der Waals surface area contributed by atoms with Gasteiger partial charge < -0.3 is 0 Å². The lowest BCUT2D eigenvalue weighted by atomic mass is 10.1. The second kappa shape index (κ2) is 13.8. The van der Waals surface area contributed by atoms with Gasteiger partial charge in [-0.2, -0.15) is 0 Å². The van der Waals surface area contributed by atoms with E-state index in [2.05, 4.69) is 26.8 Å². The lowest BCUT2D eigenvalue weighted by Crippen LogP contribution is -1.81. The SMILES string of the molecule is CCCCCCCCCCCC=C(C)CCC. The zero-order valence-electron chi connectivity index (χ0n) is 12.6. The summed E-state index contributed by atoms with van der Waals surface area (Å²) >= 11 is 0. The molecule has 0 N–H and O–H groups in total. The number of hydrogen-bond acceptors (Lipinski definition) is 0. The predicted molar refractivity (Wildman–Crippen MR) is 80.5 cm³/mol. The molecule has 0 aromatic carbocycles. The van der Waals surface area contributed by atoms with Crippen molar-refractivity contribution in [3.63, 3.8) is 0 Å². The van der Waals surface area contributed by atoms with Crippen LogP contribution in [0, 0.1) is 0 Å². The molecule has 0 heteroatoms. The highest BCUT2D eigenvalue weighted by Gasteiger charge is 1.92. The highest BCUT2D eigenvalue weighted by molar-refractivity contribution is 4.97. The van der Waals surface area contributed by atoms with Crippen molar-refractivity contribution in [1.29, 1.82) is 0 Å². The second-order valence-corrected chi connectivity index (χ2v) is 5.42. The van der Waals surface area contributed by atoms with Gasteiger partial charge in [-0.1, -0.05) is 83.3 Å². The Kier molecular flexibility index (Phi) is 13.6. The van der Waals surface area contributed by atoms with E-state index in [0.717, 1.165) is 0 Å². The fraction of sp³-hybridized carbons (Fsp3) is 0.882. The molecule has 0 radical (unpaired) electrons. The summed E-state index contributed by atoms with van der Waals surface area (Å²) in [5, 5.41) is 0. The maximum Gasteiger partial charge on any atom is -0.0326 e. The summed E-state index contributed by atoms with van der Waals surface area (Å²) < 4.78 is 0. The quantitative estimate of drug-likeness (QED) is 0.263. The Labute approximate surface area is 110 Å². The van der Waals surface area contributed by atoms with Crippen LogP contribution in [0.3, 0.4) is 0 Å². The molecular weight excluding hydrogens is 204 g/mol. The summed E-state index contributed by atoms with van der Waals surface area (Å²) in [6.07, 6.45) is 19.3.